The van der Waals surface area contributed by atoms with Crippen LogP contribution in [0.5, 0.6) is 5.75 Å². The average molecular weight is 301 g/mol. The number of nitrogens with one attached hydrogen (secondary N) is 1. The molecule has 5 heteroatoms. The molecule has 0 heterocycles. The van der Waals surface area contributed by atoms with Crippen molar-refractivity contribution in [3.63, 3.8) is 0 Å². The molecule has 0 atom stereocenters. The molecule has 0 aromatic heterocycles. The Kier molecular flexibility index (Phi) is 4.81. The Bertz CT molecular complexity index is 690. The third kappa shape index (κ3) is 4.23. The number of carbonyl (C=O) groups is 1. The molecule has 0 aliphatic carbocycles. The van der Waals surface area contributed by atoms with Gasteiger partial charge in [-0.2, -0.15) is 5.26 Å². The standard InChI is InChI=1S/C16H13ClN2O2/c1-11-2-6-14(7-3-11)21-10-16(20)19-13-5-4-12(9-18)15(17)8-13/h2-8H,10H2,1H3,(H,19,20). The summed E-state index contributed by atoms with van der Waals surface area (Å²) < 4.78 is 5.37. The molecule has 106 valence electrons. The Labute approximate surface area is 127 Å². The van der Waals surface area contributed by atoms with Crippen molar-refractivity contribution < 1.29 is 9.53 Å². The third-order valence-electron chi connectivity index (χ3n) is 2.76. The van der Waals surface area contributed by atoms with E-state index in [2.05, 4.69) is 5.32 Å². The van der Waals surface area contributed by atoms with Gasteiger partial charge >= 0.3 is 0 Å². The molecule has 0 radical (unpaired) electrons. The molecule has 0 saturated carbocycles. The molecule has 2 aromatic rings. The van der Waals surface area contributed by atoms with Gasteiger partial charge in [-0.1, -0.05) is 29.3 Å². The predicted octanol–water partition coefficient (Wildman–Crippen LogP) is 3.54. The van der Waals surface area contributed by atoms with Crippen LogP contribution in [0.4, 0.5) is 5.69 Å². The molecule has 2 rings (SSSR count). The maximum absolute atomic E-state index is 11.8. The monoisotopic (exact) mass is 300 g/mol. The van der Waals surface area contributed by atoms with Crippen molar-refractivity contribution in [2.24, 2.45) is 0 Å². The zero-order chi connectivity index (χ0) is 15.2. The largest absolute Gasteiger partial charge is 0.484 e. The number of benzene rings is 2. The van der Waals surface area contributed by atoms with Crippen molar-refractivity contribution in [2.75, 3.05) is 11.9 Å². The van der Waals surface area contributed by atoms with Crippen molar-refractivity contribution in [3.05, 3.63) is 58.6 Å². The Morgan fingerprint density at radius 2 is 2.00 bits per heavy atom. The Balaban J connectivity index is 1.91. The lowest BCUT2D eigenvalue weighted by molar-refractivity contribution is -0.118. The fourth-order valence-electron chi connectivity index (χ4n) is 1.66. The van der Waals surface area contributed by atoms with Gasteiger partial charge in [-0.05, 0) is 37.3 Å². The summed E-state index contributed by atoms with van der Waals surface area (Å²) in [6.45, 7) is 1.88. The number of hydrogen-bond donors (Lipinski definition) is 1. The number of anilines is 1. The van der Waals surface area contributed by atoms with Crippen molar-refractivity contribution >= 4 is 23.2 Å². The van der Waals surface area contributed by atoms with Crippen LogP contribution in [0.3, 0.4) is 0 Å². The van der Waals surface area contributed by atoms with E-state index in [4.69, 9.17) is 21.6 Å². The van der Waals surface area contributed by atoms with E-state index in [1.165, 1.54) is 6.07 Å². The highest BCUT2D eigenvalue weighted by Crippen LogP contribution is 2.20. The highest BCUT2D eigenvalue weighted by molar-refractivity contribution is 6.32. The summed E-state index contributed by atoms with van der Waals surface area (Å²) in [4.78, 5) is 11.8. The van der Waals surface area contributed by atoms with E-state index < -0.39 is 0 Å². The van der Waals surface area contributed by atoms with Crippen LogP contribution >= 0.6 is 11.6 Å². The van der Waals surface area contributed by atoms with Gasteiger partial charge in [-0.3, -0.25) is 4.79 Å². The van der Waals surface area contributed by atoms with Crippen LogP contribution in [0.15, 0.2) is 42.5 Å². The fraction of sp³-hybridized carbons (Fsp3) is 0.125. The lowest BCUT2D eigenvalue weighted by atomic mass is 10.2. The van der Waals surface area contributed by atoms with Gasteiger partial charge < -0.3 is 10.1 Å². The second-order valence-electron chi connectivity index (χ2n) is 4.46. The summed E-state index contributed by atoms with van der Waals surface area (Å²) >= 11 is 5.90. The summed E-state index contributed by atoms with van der Waals surface area (Å²) in [5.74, 6) is 0.338. The number of halogens is 1. The maximum atomic E-state index is 11.8. The van der Waals surface area contributed by atoms with Crippen LogP contribution in [0.1, 0.15) is 11.1 Å². The molecule has 0 aliphatic heterocycles. The molecule has 0 fully saturated rings. The minimum absolute atomic E-state index is 0.0965. The van der Waals surface area contributed by atoms with E-state index in [0.29, 0.717) is 22.0 Å². The van der Waals surface area contributed by atoms with Gasteiger partial charge in [0.05, 0.1) is 10.6 Å². The van der Waals surface area contributed by atoms with Crippen LogP contribution in [0, 0.1) is 18.3 Å². The molecular weight excluding hydrogens is 288 g/mol. The summed E-state index contributed by atoms with van der Waals surface area (Å²) in [5, 5.41) is 11.7. The van der Waals surface area contributed by atoms with E-state index in [0.717, 1.165) is 5.56 Å². The predicted molar refractivity (Wildman–Crippen MR) is 81.5 cm³/mol. The van der Waals surface area contributed by atoms with E-state index in [-0.39, 0.29) is 12.5 Å². The van der Waals surface area contributed by atoms with Gasteiger partial charge in [0.25, 0.3) is 5.91 Å². The summed E-state index contributed by atoms with van der Waals surface area (Å²) in [6.07, 6.45) is 0. The molecule has 0 spiro atoms. The molecule has 1 amide bonds. The summed E-state index contributed by atoms with van der Waals surface area (Å²) in [5.41, 5.74) is 2.01. The third-order valence-corrected chi connectivity index (χ3v) is 3.08. The lowest BCUT2D eigenvalue weighted by Gasteiger charge is -2.08. The van der Waals surface area contributed by atoms with Crippen molar-refractivity contribution in [3.8, 4) is 11.8 Å². The van der Waals surface area contributed by atoms with Crippen LogP contribution in [-0.2, 0) is 4.79 Å². The van der Waals surface area contributed by atoms with Gasteiger partial charge in [0.2, 0.25) is 0 Å². The molecule has 0 aliphatic rings. The first-order valence-corrected chi connectivity index (χ1v) is 6.65. The Hall–Kier alpha value is -2.51. The normalized spacial score (nSPS) is 9.76. The van der Waals surface area contributed by atoms with Gasteiger partial charge in [0.15, 0.2) is 6.61 Å². The number of aryl methyl sites for hydroxylation is 1. The minimum Gasteiger partial charge on any atom is -0.484 e. The first-order valence-electron chi connectivity index (χ1n) is 6.27. The van der Waals surface area contributed by atoms with E-state index >= 15 is 0 Å². The average Bonchev–Trinajstić information content (AvgIpc) is 2.47. The molecule has 0 saturated heterocycles. The number of hydrogen-bond acceptors (Lipinski definition) is 3. The lowest BCUT2D eigenvalue weighted by Crippen LogP contribution is -2.20. The Morgan fingerprint density at radius 1 is 1.29 bits per heavy atom. The first kappa shape index (κ1) is 14.9. The highest BCUT2D eigenvalue weighted by atomic mass is 35.5. The molecule has 2 aromatic carbocycles. The molecular formula is C16H13ClN2O2. The van der Waals surface area contributed by atoms with Crippen molar-refractivity contribution in [2.45, 2.75) is 6.92 Å². The van der Waals surface area contributed by atoms with Gasteiger partial charge in [0, 0.05) is 5.69 Å². The SMILES string of the molecule is Cc1ccc(OCC(=O)Nc2ccc(C#N)c(Cl)c2)cc1. The molecule has 0 unspecified atom stereocenters. The molecule has 0 bridgehead atoms. The van der Waals surface area contributed by atoms with Crippen molar-refractivity contribution in [1.29, 1.82) is 5.26 Å². The number of rotatable bonds is 4. The highest BCUT2D eigenvalue weighted by Gasteiger charge is 2.06. The number of nitrogens with zero attached hydrogens (tertiary/aromatic N) is 1. The summed E-state index contributed by atoms with van der Waals surface area (Å²) in [7, 11) is 0. The maximum Gasteiger partial charge on any atom is 0.262 e. The van der Waals surface area contributed by atoms with Gasteiger partial charge in [-0.25, -0.2) is 0 Å². The fourth-order valence-corrected chi connectivity index (χ4v) is 1.89. The smallest absolute Gasteiger partial charge is 0.262 e. The van der Waals surface area contributed by atoms with Crippen LogP contribution in [0.25, 0.3) is 0 Å². The first-order chi connectivity index (χ1) is 10.1. The van der Waals surface area contributed by atoms with Gasteiger partial charge in [-0.15, -0.1) is 0 Å². The zero-order valence-electron chi connectivity index (χ0n) is 11.4. The number of nitriles is 1. The molecule has 4 nitrogen and oxygen atoms in total. The second-order valence-corrected chi connectivity index (χ2v) is 4.86. The Morgan fingerprint density at radius 3 is 2.62 bits per heavy atom. The van der Waals surface area contributed by atoms with E-state index in [1.807, 2.05) is 25.1 Å². The van der Waals surface area contributed by atoms with Crippen LogP contribution < -0.4 is 10.1 Å². The van der Waals surface area contributed by atoms with Crippen LogP contribution in [0.2, 0.25) is 5.02 Å². The number of carbonyl (C=O) groups excluding carboxylic acids is 1. The molecule has 21 heavy (non-hydrogen) atoms. The van der Waals surface area contributed by atoms with E-state index in [1.54, 1.807) is 24.3 Å². The summed E-state index contributed by atoms with van der Waals surface area (Å²) in [6, 6.07) is 14.1. The van der Waals surface area contributed by atoms with Gasteiger partial charge in [0.1, 0.15) is 11.8 Å². The molecule has 1 N–H and O–H groups in total. The quantitative estimate of drug-likeness (QED) is 0.939. The second kappa shape index (κ2) is 6.78. The minimum atomic E-state index is -0.295. The van der Waals surface area contributed by atoms with Crippen LogP contribution in [-0.4, -0.2) is 12.5 Å². The van der Waals surface area contributed by atoms with Crippen molar-refractivity contribution in [1.82, 2.24) is 0 Å². The topological polar surface area (TPSA) is 62.1 Å². The van der Waals surface area contributed by atoms with E-state index in [9.17, 15) is 4.79 Å². The number of ether oxygens (including phenoxy) is 1. The number of amides is 1. The zero-order valence-corrected chi connectivity index (χ0v) is 12.1.